The van der Waals surface area contributed by atoms with Gasteiger partial charge >= 0.3 is 0 Å². The van der Waals surface area contributed by atoms with Crippen molar-refractivity contribution >= 4 is 28.5 Å². The number of benzene rings is 1. The molecule has 0 aliphatic heterocycles. The minimum atomic E-state index is 0.386. The van der Waals surface area contributed by atoms with Crippen LogP contribution in [-0.4, -0.2) is 17.1 Å². The Bertz CT molecular complexity index is 505. The van der Waals surface area contributed by atoms with Crippen molar-refractivity contribution in [3.05, 3.63) is 35.3 Å². The van der Waals surface area contributed by atoms with E-state index in [1.807, 2.05) is 24.3 Å². The van der Waals surface area contributed by atoms with Gasteiger partial charge in [0.25, 0.3) is 0 Å². The van der Waals surface area contributed by atoms with E-state index < -0.39 is 0 Å². The summed E-state index contributed by atoms with van der Waals surface area (Å²) in [7, 11) is 1.64. The fourth-order valence-electron chi connectivity index (χ4n) is 1.26. The van der Waals surface area contributed by atoms with Crippen molar-refractivity contribution in [3.63, 3.8) is 0 Å². The van der Waals surface area contributed by atoms with Crippen molar-refractivity contribution in [2.75, 3.05) is 7.11 Å². The molecule has 1 heterocycles. The van der Waals surface area contributed by atoms with Crippen molar-refractivity contribution in [1.82, 2.24) is 4.98 Å². The Balaban J connectivity index is 2.31. The molecule has 82 valence electrons. The summed E-state index contributed by atoms with van der Waals surface area (Å²) < 4.78 is 5.09. The molecule has 2 aromatic rings. The number of methoxy groups -OCH3 is 1. The van der Waals surface area contributed by atoms with E-state index in [1.54, 1.807) is 13.3 Å². The zero-order chi connectivity index (χ0) is 11.5. The molecule has 5 heteroatoms. The van der Waals surface area contributed by atoms with Crippen LogP contribution < -0.4 is 10.5 Å². The Morgan fingerprint density at radius 2 is 2.06 bits per heavy atom. The van der Waals surface area contributed by atoms with Crippen LogP contribution in [-0.2, 0) is 0 Å². The Hall–Kier alpha value is -1.46. The van der Waals surface area contributed by atoms with Gasteiger partial charge in [0.05, 0.1) is 12.0 Å². The molecule has 1 aromatic carbocycles. The van der Waals surface area contributed by atoms with Gasteiger partial charge < -0.3 is 10.5 Å². The summed E-state index contributed by atoms with van der Waals surface area (Å²) in [6.07, 6.45) is 1.70. The minimum absolute atomic E-state index is 0.386. The molecular formula is C11H10N2OS2. The Labute approximate surface area is 103 Å². The molecule has 0 aliphatic carbocycles. The second kappa shape index (κ2) is 4.59. The molecule has 0 fully saturated rings. The third kappa shape index (κ3) is 2.20. The predicted molar refractivity (Wildman–Crippen MR) is 70.0 cm³/mol. The van der Waals surface area contributed by atoms with Gasteiger partial charge in [0, 0.05) is 11.8 Å². The molecule has 2 N–H and O–H groups in total. The topological polar surface area (TPSA) is 48.1 Å². The Morgan fingerprint density at radius 3 is 2.56 bits per heavy atom. The summed E-state index contributed by atoms with van der Waals surface area (Å²) in [5, 5.41) is 0.908. The van der Waals surface area contributed by atoms with Crippen LogP contribution in [0.1, 0.15) is 4.88 Å². The lowest BCUT2D eigenvalue weighted by Crippen LogP contribution is -2.06. The van der Waals surface area contributed by atoms with Crippen molar-refractivity contribution < 1.29 is 4.74 Å². The first-order valence-corrected chi connectivity index (χ1v) is 5.83. The second-order valence-electron chi connectivity index (χ2n) is 3.12. The van der Waals surface area contributed by atoms with Gasteiger partial charge in [0.15, 0.2) is 0 Å². The number of hydrogen-bond acceptors (Lipinski definition) is 4. The number of thiazole rings is 1. The van der Waals surface area contributed by atoms with Gasteiger partial charge in [-0.15, -0.1) is 11.3 Å². The molecule has 0 saturated carbocycles. The molecule has 0 aliphatic rings. The maximum atomic E-state index is 5.53. The average Bonchev–Trinajstić information content (AvgIpc) is 2.78. The van der Waals surface area contributed by atoms with Gasteiger partial charge in [-0.05, 0) is 24.3 Å². The van der Waals surface area contributed by atoms with Crippen LogP contribution in [0.4, 0.5) is 0 Å². The standard InChI is InChI=1S/C11H10N2OS2/c1-14-8-4-2-7(3-5-8)11-13-6-9(16-11)10(12)15/h2-6H,1H3,(H2,12,15). The third-order valence-electron chi connectivity index (χ3n) is 2.09. The number of nitrogens with zero attached hydrogens (tertiary/aromatic N) is 1. The number of nitrogens with two attached hydrogens (primary N) is 1. The molecule has 0 unspecified atom stereocenters. The van der Waals surface area contributed by atoms with E-state index >= 15 is 0 Å². The molecule has 16 heavy (non-hydrogen) atoms. The Kier molecular flexibility index (Phi) is 3.17. The number of ether oxygens (including phenoxy) is 1. The first kappa shape index (κ1) is 11.0. The van der Waals surface area contributed by atoms with Crippen LogP contribution in [0, 0.1) is 0 Å². The second-order valence-corrected chi connectivity index (χ2v) is 4.59. The predicted octanol–water partition coefficient (Wildman–Crippen LogP) is 2.45. The summed E-state index contributed by atoms with van der Waals surface area (Å²) in [6, 6.07) is 7.72. The van der Waals surface area contributed by atoms with Crippen LogP contribution in [0.2, 0.25) is 0 Å². The first-order chi connectivity index (χ1) is 7.70. The van der Waals surface area contributed by atoms with Crippen molar-refractivity contribution in [3.8, 4) is 16.3 Å². The fourth-order valence-corrected chi connectivity index (χ4v) is 2.21. The summed E-state index contributed by atoms with van der Waals surface area (Å²) in [5.41, 5.74) is 6.57. The van der Waals surface area contributed by atoms with E-state index in [1.165, 1.54) is 11.3 Å². The van der Waals surface area contributed by atoms with Crippen LogP contribution in [0.3, 0.4) is 0 Å². The fraction of sp³-hybridized carbons (Fsp3) is 0.0909. The molecule has 0 saturated heterocycles. The lowest BCUT2D eigenvalue weighted by Gasteiger charge is -1.99. The molecule has 0 radical (unpaired) electrons. The monoisotopic (exact) mass is 250 g/mol. The van der Waals surface area contributed by atoms with Gasteiger partial charge in [-0.2, -0.15) is 0 Å². The molecule has 0 spiro atoms. The van der Waals surface area contributed by atoms with E-state index in [2.05, 4.69) is 4.98 Å². The van der Waals surface area contributed by atoms with E-state index in [4.69, 9.17) is 22.7 Å². The first-order valence-electron chi connectivity index (χ1n) is 4.61. The van der Waals surface area contributed by atoms with Crippen LogP contribution in [0.25, 0.3) is 10.6 Å². The highest BCUT2D eigenvalue weighted by atomic mass is 32.1. The van der Waals surface area contributed by atoms with Crippen LogP contribution in [0.15, 0.2) is 30.5 Å². The highest BCUT2D eigenvalue weighted by molar-refractivity contribution is 7.81. The van der Waals surface area contributed by atoms with E-state index in [9.17, 15) is 0 Å². The van der Waals surface area contributed by atoms with Crippen LogP contribution in [0.5, 0.6) is 5.75 Å². The van der Waals surface area contributed by atoms with Gasteiger partial charge in [-0.1, -0.05) is 12.2 Å². The SMILES string of the molecule is COc1ccc(-c2ncc(C(N)=S)s2)cc1. The lowest BCUT2D eigenvalue weighted by molar-refractivity contribution is 0.415. The molecule has 0 atom stereocenters. The Morgan fingerprint density at radius 1 is 1.38 bits per heavy atom. The zero-order valence-electron chi connectivity index (χ0n) is 8.64. The highest BCUT2D eigenvalue weighted by Gasteiger charge is 2.06. The molecule has 2 rings (SSSR count). The minimum Gasteiger partial charge on any atom is -0.497 e. The maximum Gasteiger partial charge on any atom is 0.123 e. The molecule has 1 aromatic heterocycles. The van der Waals surface area contributed by atoms with E-state index in [-0.39, 0.29) is 0 Å². The molecule has 0 bridgehead atoms. The summed E-state index contributed by atoms with van der Waals surface area (Å²) in [4.78, 5) is 5.49. The number of rotatable bonds is 3. The maximum absolute atomic E-state index is 5.53. The van der Waals surface area contributed by atoms with Gasteiger partial charge in [-0.3, -0.25) is 0 Å². The van der Waals surface area contributed by atoms with Crippen molar-refractivity contribution in [1.29, 1.82) is 0 Å². The van der Waals surface area contributed by atoms with E-state index in [0.717, 1.165) is 21.2 Å². The molecule has 0 amide bonds. The summed E-state index contributed by atoms with van der Waals surface area (Å²) in [6.45, 7) is 0. The quantitative estimate of drug-likeness (QED) is 0.850. The normalized spacial score (nSPS) is 10.1. The van der Waals surface area contributed by atoms with Gasteiger partial charge in [0.1, 0.15) is 15.7 Å². The third-order valence-corrected chi connectivity index (χ3v) is 3.51. The number of hydrogen-bond donors (Lipinski definition) is 1. The number of thiocarbonyl (C=S) groups is 1. The summed E-state index contributed by atoms with van der Waals surface area (Å²) in [5.74, 6) is 0.829. The zero-order valence-corrected chi connectivity index (χ0v) is 10.3. The molecular weight excluding hydrogens is 240 g/mol. The van der Waals surface area contributed by atoms with Crippen LogP contribution >= 0.6 is 23.6 Å². The lowest BCUT2D eigenvalue weighted by atomic mass is 10.2. The largest absolute Gasteiger partial charge is 0.497 e. The summed E-state index contributed by atoms with van der Waals surface area (Å²) >= 11 is 6.38. The van der Waals surface area contributed by atoms with Gasteiger partial charge in [-0.25, -0.2) is 4.98 Å². The van der Waals surface area contributed by atoms with Gasteiger partial charge in [0.2, 0.25) is 0 Å². The van der Waals surface area contributed by atoms with Crippen molar-refractivity contribution in [2.24, 2.45) is 5.73 Å². The van der Waals surface area contributed by atoms with E-state index in [0.29, 0.717) is 4.99 Å². The highest BCUT2D eigenvalue weighted by Crippen LogP contribution is 2.26. The average molecular weight is 250 g/mol. The molecule has 3 nitrogen and oxygen atoms in total. The number of aromatic nitrogens is 1. The van der Waals surface area contributed by atoms with Crippen molar-refractivity contribution in [2.45, 2.75) is 0 Å². The smallest absolute Gasteiger partial charge is 0.123 e.